The van der Waals surface area contributed by atoms with Crippen LogP contribution in [0.1, 0.15) is 95.4 Å². The number of piperidine rings is 1. The van der Waals surface area contributed by atoms with E-state index in [1.54, 1.807) is 0 Å². The van der Waals surface area contributed by atoms with E-state index in [4.69, 9.17) is 9.97 Å². The Bertz CT molecular complexity index is 1440. The number of rotatable bonds is 10. The highest BCUT2D eigenvalue weighted by atomic mass is 16.3. The molecule has 1 aliphatic rings. The van der Waals surface area contributed by atoms with Gasteiger partial charge in [-0.25, -0.2) is 0 Å². The molecule has 2 aromatic heterocycles. The Balaban J connectivity index is 1.39. The van der Waals surface area contributed by atoms with Crippen molar-refractivity contribution in [3.05, 3.63) is 130 Å². The molecule has 0 radical (unpaired) electrons. The van der Waals surface area contributed by atoms with Crippen LogP contribution in [0.4, 0.5) is 0 Å². The van der Waals surface area contributed by atoms with Crippen molar-refractivity contribution < 1.29 is 9.90 Å². The summed E-state index contributed by atoms with van der Waals surface area (Å²) in [5.74, 6) is -0.158. The Labute approximate surface area is 249 Å². The lowest BCUT2D eigenvalue weighted by molar-refractivity contribution is -0.122. The number of nitrogens with one attached hydrogen (secondary N) is 1. The average molecular weight is 563 g/mol. The van der Waals surface area contributed by atoms with Gasteiger partial charge in [0.2, 0.25) is 5.91 Å². The van der Waals surface area contributed by atoms with E-state index >= 15 is 0 Å². The lowest BCUT2D eigenvalue weighted by Crippen LogP contribution is -2.37. The predicted octanol–water partition coefficient (Wildman–Crippen LogP) is 6.86. The molecule has 6 heteroatoms. The Morgan fingerprint density at radius 1 is 0.905 bits per heavy atom. The first kappa shape index (κ1) is 29.6. The summed E-state index contributed by atoms with van der Waals surface area (Å²) < 4.78 is 0. The number of aliphatic hydroxyl groups is 1. The van der Waals surface area contributed by atoms with Crippen molar-refractivity contribution >= 4 is 5.91 Å². The summed E-state index contributed by atoms with van der Waals surface area (Å²) in [5, 5.41) is 13.6. The molecule has 1 fully saturated rings. The van der Waals surface area contributed by atoms with Crippen LogP contribution in [-0.4, -0.2) is 25.9 Å². The maximum absolute atomic E-state index is 13.0. The molecule has 5 rings (SSSR count). The summed E-state index contributed by atoms with van der Waals surface area (Å²) in [5.41, 5.74) is 8.60. The predicted molar refractivity (Wildman–Crippen MR) is 167 cm³/mol. The number of pyridine rings is 2. The third-order valence-electron chi connectivity index (χ3n) is 8.67. The summed E-state index contributed by atoms with van der Waals surface area (Å²) in [4.78, 5) is 25.3. The zero-order valence-corrected chi connectivity index (χ0v) is 25.0. The molecule has 2 aromatic carbocycles. The first-order chi connectivity index (χ1) is 20.5. The quantitative estimate of drug-likeness (QED) is 0.221. The first-order valence-electron chi connectivity index (χ1n) is 15.1. The molecule has 1 amide bonds. The minimum atomic E-state index is -0.180. The van der Waals surface area contributed by atoms with Gasteiger partial charge in [-0.2, -0.15) is 0 Å². The molecule has 0 aliphatic carbocycles. The monoisotopic (exact) mass is 562 g/mol. The molecular formula is C36H42N4O2. The van der Waals surface area contributed by atoms with Gasteiger partial charge in [0.05, 0.1) is 36.0 Å². The highest BCUT2D eigenvalue weighted by Gasteiger charge is 2.35. The normalized spacial score (nSPS) is 18.0. The van der Waals surface area contributed by atoms with Crippen molar-refractivity contribution in [3.63, 3.8) is 0 Å². The molecule has 0 bridgehead atoms. The van der Waals surface area contributed by atoms with Gasteiger partial charge in [0.1, 0.15) is 0 Å². The van der Waals surface area contributed by atoms with Gasteiger partial charge in [-0.05, 0) is 85.0 Å². The minimum absolute atomic E-state index is 0.0220. The minimum Gasteiger partial charge on any atom is -0.392 e. The maximum Gasteiger partial charge on any atom is 0.227 e. The van der Waals surface area contributed by atoms with E-state index in [1.807, 2.05) is 67.8 Å². The number of aryl methyl sites for hydroxylation is 2. The van der Waals surface area contributed by atoms with Crippen LogP contribution in [0.2, 0.25) is 0 Å². The fourth-order valence-corrected chi connectivity index (χ4v) is 6.41. The van der Waals surface area contributed by atoms with E-state index in [0.29, 0.717) is 13.1 Å². The third-order valence-corrected chi connectivity index (χ3v) is 8.67. The molecule has 1 saturated heterocycles. The molecule has 2 N–H and O–H groups in total. The van der Waals surface area contributed by atoms with Gasteiger partial charge in [0, 0.05) is 25.5 Å². The Morgan fingerprint density at radius 2 is 1.55 bits per heavy atom. The summed E-state index contributed by atoms with van der Waals surface area (Å²) in [7, 11) is 0. The van der Waals surface area contributed by atoms with Gasteiger partial charge >= 0.3 is 0 Å². The van der Waals surface area contributed by atoms with Crippen LogP contribution in [-0.2, 0) is 24.5 Å². The van der Waals surface area contributed by atoms with E-state index in [1.165, 1.54) is 11.1 Å². The van der Waals surface area contributed by atoms with E-state index in [2.05, 4.69) is 48.3 Å². The number of hydrogen-bond donors (Lipinski definition) is 2. The number of benzene rings is 2. The van der Waals surface area contributed by atoms with Crippen molar-refractivity contribution in [2.24, 2.45) is 0 Å². The van der Waals surface area contributed by atoms with Crippen molar-refractivity contribution in [1.29, 1.82) is 0 Å². The largest absolute Gasteiger partial charge is 0.392 e. The highest BCUT2D eigenvalue weighted by Crippen LogP contribution is 2.43. The van der Waals surface area contributed by atoms with Crippen molar-refractivity contribution in [1.82, 2.24) is 20.2 Å². The van der Waals surface area contributed by atoms with Crippen LogP contribution < -0.4 is 5.32 Å². The van der Waals surface area contributed by atoms with E-state index < -0.39 is 0 Å². The van der Waals surface area contributed by atoms with Crippen molar-refractivity contribution in [2.45, 2.75) is 84.2 Å². The second kappa shape index (κ2) is 13.9. The molecule has 0 saturated carbocycles. The third kappa shape index (κ3) is 6.61. The Morgan fingerprint density at radius 3 is 2.12 bits per heavy atom. The topological polar surface area (TPSA) is 78.4 Å². The second-order valence-electron chi connectivity index (χ2n) is 11.4. The smallest absolute Gasteiger partial charge is 0.227 e. The highest BCUT2D eigenvalue weighted by molar-refractivity contribution is 5.83. The van der Waals surface area contributed by atoms with Gasteiger partial charge in [-0.3, -0.25) is 19.7 Å². The zero-order valence-electron chi connectivity index (χ0n) is 25.0. The molecule has 4 aromatic rings. The molecule has 6 nitrogen and oxygen atoms in total. The number of aliphatic hydroxyl groups excluding tert-OH is 1. The first-order valence-corrected chi connectivity index (χ1v) is 15.1. The van der Waals surface area contributed by atoms with Gasteiger partial charge < -0.3 is 10.4 Å². The fourth-order valence-electron chi connectivity index (χ4n) is 6.41. The average Bonchev–Trinajstić information content (AvgIpc) is 3.02. The number of nitrogens with zero attached hydrogens (tertiary/aromatic N) is 3. The van der Waals surface area contributed by atoms with Gasteiger partial charge in [0.25, 0.3) is 0 Å². The summed E-state index contributed by atoms with van der Waals surface area (Å²) in [6.45, 7) is 7.35. The van der Waals surface area contributed by atoms with E-state index in [0.717, 1.165) is 59.3 Å². The van der Waals surface area contributed by atoms with E-state index in [9.17, 15) is 9.90 Å². The van der Waals surface area contributed by atoms with Gasteiger partial charge in [-0.1, -0.05) is 67.6 Å². The number of carbonyl (C=O) groups excluding carboxylic acids is 1. The molecule has 42 heavy (non-hydrogen) atoms. The Kier molecular flexibility index (Phi) is 9.78. The number of aromatic nitrogens is 2. The SMILES string of the molecule is CC[C@H](C(=O)NCc1ccc(CN2[C@@H](c3ncccc3C)CCC[C@H]2c2ncccc2C)c(CO)c1)c1ccccc1. The van der Waals surface area contributed by atoms with Crippen molar-refractivity contribution in [2.75, 3.05) is 0 Å². The lowest BCUT2D eigenvalue weighted by Gasteiger charge is -2.43. The molecule has 1 aliphatic heterocycles. The summed E-state index contributed by atoms with van der Waals surface area (Å²) in [6, 6.07) is 24.7. The Hall–Kier alpha value is -3.87. The van der Waals surface area contributed by atoms with Gasteiger partial charge in [0.15, 0.2) is 0 Å². The lowest BCUT2D eigenvalue weighted by atomic mass is 9.88. The molecule has 0 spiro atoms. The molecule has 3 heterocycles. The molecule has 3 atom stereocenters. The zero-order chi connectivity index (χ0) is 29.5. The van der Waals surface area contributed by atoms with Crippen LogP contribution in [0.5, 0.6) is 0 Å². The van der Waals surface area contributed by atoms with Crippen LogP contribution in [0.15, 0.2) is 85.2 Å². The van der Waals surface area contributed by atoms with E-state index in [-0.39, 0.29) is 30.5 Å². The van der Waals surface area contributed by atoms with Gasteiger partial charge in [-0.15, -0.1) is 0 Å². The fraction of sp³-hybridized carbons (Fsp3) is 0.361. The molecule has 218 valence electrons. The number of hydrogen-bond acceptors (Lipinski definition) is 5. The van der Waals surface area contributed by atoms with Crippen LogP contribution in [0, 0.1) is 13.8 Å². The van der Waals surface area contributed by atoms with Crippen LogP contribution >= 0.6 is 0 Å². The molecular weight excluding hydrogens is 520 g/mol. The number of likely N-dealkylation sites (tertiary alicyclic amines) is 1. The number of amides is 1. The summed E-state index contributed by atoms with van der Waals surface area (Å²) in [6.07, 6.45) is 7.67. The van der Waals surface area contributed by atoms with Crippen LogP contribution in [0.25, 0.3) is 0 Å². The van der Waals surface area contributed by atoms with Crippen molar-refractivity contribution in [3.8, 4) is 0 Å². The maximum atomic E-state index is 13.0. The second-order valence-corrected chi connectivity index (χ2v) is 11.4. The molecule has 0 unspecified atom stereocenters. The summed E-state index contributed by atoms with van der Waals surface area (Å²) >= 11 is 0. The number of carbonyl (C=O) groups is 1. The standard InChI is InChI=1S/C36H42N4O2/c1-4-31(28-13-6-5-7-14-28)36(42)39-22-27-17-18-29(30(21-27)24-41)23-40-32(34-25(2)11-9-19-37-34)15-8-16-33(40)35-26(3)12-10-20-38-35/h5-7,9-14,17-21,31-33,41H,4,8,15-16,22-24H2,1-3H3,(H,39,42)/t31-,32-,33+/m0/s1. The van der Waals surface area contributed by atoms with Crippen LogP contribution in [0.3, 0.4) is 0 Å².